The molecule has 5 heterocycles. The van der Waals surface area contributed by atoms with Crippen LogP contribution in [0.2, 0.25) is 0 Å². The highest BCUT2D eigenvalue weighted by Gasteiger charge is 2.38. The molecule has 0 spiro atoms. The van der Waals surface area contributed by atoms with E-state index in [1.165, 1.54) is 17.6 Å². The summed E-state index contributed by atoms with van der Waals surface area (Å²) in [6.45, 7) is 0.484. The van der Waals surface area contributed by atoms with E-state index in [2.05, 4.69) is 10.1 Å². The number of thiophene rings is 1. The Morgan fingerprint density at radius 2 is 2.13 bits per heavy atom. The van der Waals surface area contributed by atoms with Crippen molar-refractivity contribution in [2.75, 3.05) is 6.54 Å². The largest absolute Gasteiger partial charge is 0.467 e. The van der Waals surface area contributed by atoms with Crippen LogP contribution in [0.4, 0.5) is 13.2 Å². The lowest BCUT2D eigenvalue weighted by atomic mass is 10.1. The minimum atomic E-state index is -4.65. The third-order valence-electron chi connectivity index (χ3n) is 5.15. The van der Waals surface area contributed by atoms with Crippen LogP contribution < -0.4 is 0 Å². The molecule has 1 amide bonds. The summed E-state index contributed by atoms with van der Waals surface area (Å²) in [7, 11) is 0. The fourth-order valence-electron chi connectivity index (χ4n) is 3.81. The zero-order valence-electron chi connectivity index (χ0n) is 15.5. The van der Waals surface area contributed by atoms with Crippen molar-refractivity contribution in [3.63, 3.8) is 0 Å². The highest BCUT2D eigenvalue weighted by Crippen LogP contribution is 2.36. The Morgan fingerprint density at radius 3 is 2.83 bits per heavy atom. The van der Waals surface area contributed by atoms with Crippen LogP contribution in [0.15, 0.2) is 52.6 Å². The fourth-order valence-corrected chi connectivity index (χ4v) is 4.49. The molecule has 0 aliphatic carbocycles. The number of carbonyl (C=O) groups excluding carboxylic acids is 1. The molecule has 5 rings (SSSR count). The smallest absolute Gasteiger partial charge is 0.433 e. The van der Waals surface area contributed by atoms with E-state index >= 15 is 0 Å². The van der Waals surface area contributed by atoms with Gasteiger partial charge in [-0.05, 0) is 42.5 Å². The van der Waals surface area contributed by atoms with Crippen molar-refractivity contribution in [3.8, 4) is 10.6 Å². The standard InChI is InChI=1S/C20H15F3N4O2S/c21-20(22,23)17-10-13(16-6-3-9-30-16)25-18-12(11-24-27(17)18)19(28)26-7-1-4-14(26)15-5-2-8-29-15/h2-3,5-6,8-11,14H,1,4,7H2/t14-/m1/s1. The molecule has 6 nitrogen and oxygen atoms in total. The molecule has 30 heavy (non-hydrogen) atoms. The summed E-state index contributed by atoms with van der Waals surface area (Å²) in [6, 6.07) is 7.67. The third kappa shape index (κ3) is 3.07. The zero-order valence-corrected chi connectivity index (χ0v) is 16.3. The number of amides is 1. The molecule has 1 fully saturated rings. The molecule has 4 aromatic heterocycles. The average molecular weight is 432 g/mol. The third-order valence-corrected chi connectivity index (χ3v) is 6.04. The van der Waals surface area contributed by atoms with Gasteiger partial charge in [-0.25, -0.2) is 9.50 Å². The van der Waals surface area contributed by atoms with Crippen molar-refractivity contribution in [1.82, 2.24) is 19.5 Å². The summed E-state index contributed by atoms with van der Waals surface area (Å²) in [5, 5.41) is 5.61. The number of furan rings is 1. The summed E-state index contributed by atoms with van der Waals surface area (Å²) >= 11 is 1.28. The van der Waals surface area contributed by atoms with Gasteiger partial charge in [-0.2, -0.15) is 18.3 Å². The van der Waals surface area contributed by atoms with Gasteiger partial charge in [0.15, 0.2) is 11.3 Å². The lowest BCUT2D eigenvalue weighted by molar-refractivity contribution is -0.142. The molecular formula is C20H15F3N4O2S. The first kappa shape index (κ1) is 18.9. The van der Waals surface area contributed by atoms with Crippen molar-refractivity contribution in [2.45, 2.75) is 25.1 Å². The van der Waals surface area contributed by atoms with E-state index in [-0.39, 0.29) is 22.9 Å². The molecule has 1 atom stereocenters. The van der Waals surface area contributed by atoms with Gasteiger partial charge in [-0.1, -0.05) is 6.07 Å². The number of alkyl halides is 3. The fraction of sp³-hybridized carbons (Fsp3) is 0.250. The van der Waals surface area contributed by atoms with Crippen LogP contribution in [0.3, 0.4) is 0 Å². The van der Waals surface area contributed by atoms with E-state index in [1.807, 2.05) is 0 Å². The lowest BCUT2D eigenvalue weighted by Gasteiger charge is -2.22. The van der Waals surface area contributed by atoms with Gasteiger partial charge in [0.2, 0.25) is 0 Å². The predicted octanol–water partition coefficient (Wildman–Crippen LogP) is 5.05. The van der Waals surface area contributed by atoms with Crippen LogP contribution in [0, 0.1) is 0 Å². The highest BCUT2D eigenvalue weighted by molar-refractivity contribution is 7.13. The van der Waals surface area contributed by atoms with E-state index < -0.39 is 17.8 Å². The molecule has 1 aliphatic heterocycles. The number of hydrogen-bond acceptors (Lipinski definition) is 5. The van der Waals surface area contributed by atoms with Gasteiger partial charge in [0, 0.05) is 6.54 Å². The first-order valence-corrected chi connectivity index (χ1v) is 10.2. The van der Waals surface area contributed by atoms with Crippen LogP contribution in [0.25, 0.3) is 16.2 Å². The SMILES string of the molecule is O=C(c1cnn2c(C(F)(F)F)cc(-c3cccs3)nc12)N1CCC[C@@H]1c1ccco1. The first-order valence-electron chi connectivity index (χ1n) is 9.28. The van der Waals surface area contributed by atoms with E-state index in [0.29, 0.717) is 21.7 Å². The summed E-state index contributed by atoms with van der Waals surface area (Å²) < 4.78 is 47.3. The van der Waals surface area contributed by atoms with Crippen LogP contribution in [0.5, 0.6) is 0 Å². The molecule has 0 unspecified atom stereocenters. The van der Waals surface area contributed by atoms with E-state index in [4.69, 9.17) is 4.42 Å². The number of carbonyl (C=O) groups is 1. The Balaban J connectivity index is 1.63. The van der Waals surface area contributed by atoms with Crippen LogP contribution >= 0.6 is 11.3 Å². The molecule has 10 heteroatoms. The van der Waals surface area contributed by atoms with Crippen LogP contribution in [-0.4, -0.2) is 31.9 Å². The Hall–Kier alpha value is -3.14. The molecule has 154 valence electrons. The first-order chi connectivity index (χ1) is 14.4. The lowest BCUT2D eigenvalue weighted by Crippen LogP contribution is -2.30. The number of halogens is 3. The predicted molar refractivity (Wildman–Crippen MR) is 103 cm³/mol. The number of fused-ring (bicyclic) bond motifs is 1. The summed E-state index contributed by atoms with van der Waals surface area (Å²) in [6.07, 6.45) is -0.451. The number of nitrogens with zero attached hydrogens (tertiary/aromatic N) is 4. The van der Waals surface area contributed by atoms with Crippen molar-refractivity contribution in [3.05, 3.63) is 65.2 Å². The van der Waals surface area contributed by atoms with Crippen molar-refractivity contribution in [2.24, 2.45) is 0 Å². The topological polar surface area (TPSA) is 63.6 Å². The molecule has 1 saturated heterocycles. The summed E-state index contributed by atoms with van der Waals surface area (Å²) in [5.74, 6) is 0.244. The van der Waals surface area contributed by atoms with Gasteiger partial charge in [-0.3, -0.25) is 4.79 Å². The number of aromatic nitrogens is 3. The summed E-state index contributed by atoms with van der Waals surface area (Å²) in [4.78, 5) is 19.9. The summed E-state index contributed by atoms with van der Waals surface area (Å²) in [5.41, 5.74) is -0.886. The van der Waals surface area contributed by atoms with Crippen LogP contribution in [-0.2, 0) is 6.18 Å². The Labute approximate surface area is 172 Å². The Kier molecular flexibility index (Phi) is 4.39. The molecule has 0 radical (unpaired) electrons. The molecule has 0 bridgehead atoms. The number of rotatable bonds is 3. The second kappa shape index (κ2) is 6.98. The van der Waals surface area contributed by atoms with E-state index in [1.54, 1.807) is 34.5 Å². The van der Waals surface area contributed by atoms with Crippen molar-refractivity contribution in [1.29, 1.82) is 0 Å². The number of hydrogen-bond donors (Lipinski definition) is 0. The van der Waals surface area contributed by atoms with Gasteiger partial charge < -0.3 is 9.32 Å². The normalized spacial score (nSPS) is 17.2. The molecule has 0 N–H and O–H groups in total. The molecule has 1 aliphatic rings. The monoisotopic (exact) mass is 432 g/mol. The maximum Gasteiger partial charge on any atom is 0.433 e. The maximum absolute atomic E-state index is 13.7. The quantitative estimate of drug-likeness (QED) is 0.455. The Bertz CT molecular complexity index is 1200. The molecule has 4 aromatic rings. The zero-order chi connectivity index (χ0) is 20.9. The Morgan fingerprint density at radius 1 is 1.27 bits per heavy atom. The molecular weight excluding hydrogens is 417 g/mol. The highest BCUT2D eigenvalue weighted by atomic mass is 32.1. The van der Waals surface area contributed by atoms with Gasteiger partial charge in [0.05, 0.1) is 29.1 Å². The minimum Gasteiger partial charge on any atom is -0.467 e. The van der Waals surface area contributed by atoms with Crippen molar-refractivity contribution >= 4 is 22.9 Å². The molecule has 0 saturated carbocycles. The van der Waals surface area contributed by atoms with Crippen LogP contribution in [0.1, 0.15) is 40.7 Å². The average Bonchev–Trinajstić information content (AvgIpc) is 3.52. The van der Waals surface area contributed by atoms with Gasteiger partial charge in [0.25, 0.3) is 5.91 Å². The van der Waals surface area contributed by atoms with Crippen molar-refractivity contribution < 1.29 is 22.4 Å². The van der Waals surface area contributed by atoms with Gasteiger partial charge in [0.1, 0.15) is 11.3 Å². The van der Waals surface area contributed by atoms with E-state index in [9.17, 15) is 18.0 Å². The van der Waals surface area contributed by atoms with E-state index in [0.717, 1.165) is 25.1 Å². The maximum atomic E-state index is 13.7. The second-order valence-corrected chi connectivity index (χ2v) is 7.92. The second-order valence-electron chi connectivity index (χ2n) is 6.97. The number of likely N-dealkylation sites (tertiary alicyclic amines) is 1. The molecule has 0 aromatic carbocycles. The van der Waals surface area contributed by atoms with Gasteiger partial charge in [-0.15, -0.1) is 11.3 Å². The van der Waals surface area contributed by atoms with Gasteiger partial charge >= 0.3 is 6.18 Å². The minimum absolute atomic E-state index is 0.0392.